The second-order valence-electron chi connectivity index (χ2n) is 3.33. The average molecular weight is 154 g/mol. The third-order valence-corrected chi connectivity index (χ3v) is 2.34. The number of rotatable bonds is 4. The fraction of sp³-hybridized carbons (Fsp3) is 0.800. The zero-order valence-corrected chi connectivity index (χ0v) is 7.34. The summed E-state index contributed by atoms with van der Waals surface area (Å²) in [4.78, 5) is 0. The van der Waals surface area contributed by atoms with Gasteiger partial charge < -0.3 is 5.11 Å². The van der Waals surface area contributed by atoms with Crippen LogP contribution in [0.25, 0.3) is 0 Å². The average Bonchev–Trinajstić information content (AvgIpc) is 2.37. The first-order valence-electron chi connectivity index (χ1n) is 4.71. The van der Waals surface area contributed by atoms with Gasteiger partial charge in [-0.1, -0.05) is 25.8 Å². The molecule has 0 aromatic carbocycles. The Bertz CT molecular complexity index is 138. The molecule has 1 atom stereocenters. The van der Waals surface area contributed by atoms with Crippen LogP contribution in [0.15, 0.2) is 11.6 Å². The molecule has 1 rings (SSSR count). The number of aliphatic hydroxyl groups excluding tert-OH is 1. The van der Waals surface area contributed by atoms with Gasteiger partial charge in [-0.3, -0.25) is 0 Å². The lowest BCUT2D eigenvalue weighted by molar-refractivity contribution is 0.207. The maximum absolute atomic E-state index is 9.42. The smallest absolute Gasteiger partial charge is 0.0753 e. The van der Waals surface area contributed by atoms with E-state index in [0.29, 0.717) is 0 Å². The number of hydrogen-bond acceptors (Lipinski definition) is 1. The molecule has 1 heteroatoms. The Labute approximate surface area is 69.1 Å². The lowest BCUT2D eigenvalue weighted by Gasteiger charge is -2.06. The van der Waals surface area contributed by atoms with Crippen molar-refractivity contribution >= 4 is 0 Å². The van der Waals surface area contributed by atoms with Gasteiger partial charge in [-0.2, -0.15) is 0 Å². The van der Waals surface area contributed by atoms with E-state index in [2.05, 4.69) is 13.0 Å². The Morgan fingerprint density at radius 2 is 2.36 bits per heavy atom. The molecule has 0 amide bonds. The fourth-order valence-electron chi connectivity index (χ4n) is 1.60. The molecule has 0 aromatic heterocycles. The summed E-state index contributed by atoms with van der Waals surface area (Å²) in [5.41, 5.74) is 1.29. The second-order valence-corrected chi connectivity index (χ2v) is 3.33. The Kier molecular flexibility index (Phi) is 3.64. The Hall–Kier alpha value is -0.300. The highest BCUT2D eigenvalue weighted by molar-refractivity contribution is 5.13. The van der Waals surface area contributed by atoms with E-state index in [9.17, 15) is 5.11 Å². The highest BCUT2D eigenvalue weighted by Gasteiger charge is 2.14. The maximum atomic E-state index is 9.42. The molecule has 1 nitrogen and oxygen atoms in total. The van der Waals surface area contributed by atoms with Crippen LogP contribution < -0.4 is 0 Å². The van der Waals surface area contributed by atoms with E-state index in [-0.39, 0.29) is 6.10 Å². The summed E-state index contributed by atoms with van der Waals surface area (Å²) in [5.74, 6) is 0. The van der Waals surface area contributed by atoms with Gasteiger partial charge in [0.05, 0.1) is 6.10 Å². The van der Waals surface area contributed by atoms with Gasteiger partial charge in [0.25, 0.3) is 0 Å². The molecule has 0 saturated heterocycles. The van der Waals surface area contributed by atoms with Crippen LogP contribution in [0, 0.1) is 0 Å². The van der Waals surface area contributed by atoms with Crippen LogP contribution in [-0.2, 0) is 0 Å². The minimum atomic E-state index is -0.105. The number of hydrogen-bond donors (Lipinski definition) is 1. The lowest BCUT2D eigenvalue weighted by atomic mass is 10.1. The van der Waals surface area contributed by atoms with E-state index in [4.69, 9.17) is 0 Å². The van der Waals surface area contributed by atoms with Crippen molar-refractivity contribution in [2.24, 2.45) is 0 Å². The van der Waals surface area contributed by atoms with Gasteiger partial charge in [0, 0.05) is 0 Å². The SMILES string of the molecule is CCCCCC1=CCC[C@H]1O. The van der Waals surface area contributed by atoms with Crippen LogP contribution in [0.4, 0.5) is 0 Å². The molecule has 0 heterocycles. The highest BCUT2D eigenvalue weighted by Crippen LogP contribution is 2.23. The fourth-order valence-corrected chi connectivity index (χ4v) is 1.60. The number of aliphatic hydroxyl groups is 1. The van der Waals surface area contributed by atoms with Crippen LogP contribution in [0.5, 0.6) is 0 Å². The summed E-state index contributed by atoms with van der Waals surface area (Å²) in [6.07, 6.45) is 9.08. The molecule has 1 aliphatic carbocycles. The van der Waals surface area contributed by atoms with E-state index in [1.807, 2.05) is 0 Å². The molecule has 0 spiro atoms. The van der Waals surface area contributed by atoms with Crippen LogP contribution >= 0.6 is 0 Å². The van der Waals surface area contributed by atoms with Gasteiger partial charge in [-0.15, -0.1) is 0 Å². The van der Waals surface area contributed by atoms with Gasteiger partial charge in [0.2, 0.25) is 0 Å². The van der Waals surface area contributed by atoms with Crippen molar-refractivity contribution < 1.29 is 5.11 Å². The van der Waals surface area contributed by atoms with Crippen LogP contribution in [0.3, 0.4) is 0 Å². The van der Waals surface area contributed by atoms with Crippen molar-refractivity contribution in [1.82, 2.24) is 0 Å². The molecular formula is C10H18O. The molecule has 0 aromatic rings. The zero-order chi connectivity index (χ0) is 8.10. The predicted octanol–water partition coefficient (Wildman–Crippen LogP) is 2.65. The van der Waals surface area contributed by atoms with Gasteiger partial charge in [-0.05, 0) is 31.3 Å². The summed E-state index contributed by atoms with van der Waals surface area (Å²) in [7, 11) is 0. The van der Waals surface area contributed by atoms with Gasteiger partial charge in [-0.25, -0.2) is 0 Å². The quantitative estimate of drug-likeness (QED) is 0.487. The van der Waals surface area contributed by atoms with E-state index >= 15 is 0 Å². The highest BCUT2D eigenvalue weighted by atomic mass is 16.3. The van der Waals surface area contributed by atoms with E-state index in [0.717, 1.165) is 19.3 Å². The van der Waals surface area contributed by atoms with Gasteiger partial charge in [0.1, 0.15) is 0 Å². The van der Waals surface area contributed by atoms with Gasteiger partial charge in [0.15, 0.2) is 0 Å². The summed E-state index contributed by atoms with van der Waals surface area (Å²) < 4.78 is 0. The topological polar surface area (TPSA) is 20.2 Å². The minimum absolute atomic E-state index is 0.105. The third kappa shape index (κ3) is 2.66. The normalized spacial score (nSPS) is 23.8. The van der Waals surface area contributed by atoms with Crippen molar-refractivity contribution in [3.63, 3.8) is 0 Å². The molecule has 0 fully saturated rings. The maximum Gasteiger partial charge on any atom is 0.0753 e. The molecule has 64 valence electrons. The largest absolute Gasteiger partial charge is 0.389 e. The van der Waals surface area contributed by atoms with Crippen LogP contribution in [-0.4, -0.2) is 11.2 Å². The number of unbranched alkanes of at least 4 members (excludes halogenated alkanes) is 2. The molecular weight excluding hydrogens is 136 g/mol. The first kappa shape index (κ1) is 8.79. The minimum Gasteiger partial charge on any atom is -0.389 e. The molecule has 1 N–H and O–H groups in total. The first-order chi connectivity index (χ1) is 5.34. The molecule has 0 radical (unpaired) electrons. The summed E-state index contributed by atoms with van der Waals surface area (Å²) in [5, 5.41) is 9.42. The summed E-state index contributed by atoms with van der Waals surface area (Å²) in [6.45, 7) is 2.21. The number of allylic oxidation sites excluding steroid dienone is 1. The molecule has 0 bridgehead atoms. The summed E-state index contributed by atoms with van der Waals surface area (Å²) >= 11 is 0. The standard InChI is InChI=1S/C10H18O/c1-2-3-4-6-9-7-5-8-10(9)11/h7,10-11H,2-6,8H2,1H3/t10-/m1/s1. The molecule has 1 aliphatic rings. The summed E-state index contributed by atoms with van der Waals surface area (Å²) in [6, 6.07) is 0. The van der Waals surface area contributed by atoms with Gasteiger partial charge >= 0.3 is 0 Å². The van der Waals surface area contributed by atoms with E-state index in [1.54, 1.807) is 0 Å². The Morgan fingerprint density at radius 1 is 1.55 bits per heavy atom. The Morgan fingerprint density at radius 3 is 2.91 bits per heavy atom. The first-order valence-corrected chi connectivity index (χ1v) is 4.71. The van der Waals surface area contributed by atoms with Crippen molar-refractivity contribution in [2.45, 2.75) is 51.6 Å². The monoisotopic (exact) mass is 154 g/mol. The van der Waals surface area contributed by atoms with E-state index < -0.39 is 0 Å². The van der Waals surface area contributed by atoms with Crippen LogP contribution in [0.2, 0.25) is 0 Å². The van der Waals surface area contributed by atoms with Crippen molar-refractivity contribution in [2.75, 3.05) is 0 Å². The molecule has 11 heavy (non-hydrogen) atoms. The lowest BCUT2D eigenvalue weighted by Crippen LogP contribution is -2.04. The molecule has 0 aliphatic heterocycles. The van der Waals surface area contributed by atoms with Crippen molar-refractivity contribution in [1.29, 1.82) is 0 Å². The van der Waals surface area contributed by atoms with Crippen LogP contribution in [0.1, 0.15) is 45.4 Å². The Balaban J connectivity index is 2.15. The van der Waals surface area contributed by atoms with E-state index in [1.165, 1.54) is 24.8 Å². The third-order valence-electron chi connectivity index (χ3n) is 2.34. The van der Waals surface area contributed by atoms with Crippen molar-refractivity contribution in [3.8, 4) is 0 Å². The predicted molar refractivity (Wildman–Crippen MR) is 47.5 cm³/mol. The molecule has 0 saturated carbocycles. The van der Waals surface area contributed by atoms with Crippen molar-refractivity contribution in [3.05, 3.63) is 11.6 Å². The zero-order valence-electron chi connectivity index (χ0n) is 7.34. The molecule has 0 unspecified atom stereocenters. The second kappa shape index (κ2) is 4.55.